The number of hydrogen-bond acceptors (Lipinski definition) is 6. The summed E-state index contributed by atoms with van der Waals surface area (Å²) in [6.07, 6.45) is -0.143. The Labute approximate surface area is 122 Å². The van der Waals surface area contributed by atoms with Crippen LogP contribution in [0, 0.1) is 0 Å². The maximum absolute atomic E-state index is 9.24. The molecule has 20 heavy (non-hydrogen) atoms. The van der Waals surface area contributed by atoms with E-state index in [1.54, 1.807) is 0 Å². The topological polar surface area (TPSA) is 58.5 Å². The van der Waals surface area contributed by atoms with Gasteiger partial charge < -0.3 is 14.7 Å². The van der Waals surface area contributed by atoms with Crippen molar-refractivity contribution < 1.29 is 9.84 Å². The van der Waals surface area contributed by atoms with E-state index in [9.17, 15) is 5.11 Å². The van der Waals surface area contributed by atoms with Crippen LogP contribution in [0.15, 0.2) is 30.3 Å². The molecule has 2 atom stereocenters. The smallest absolute Gasteiger partial charge is 0.205 e. The molecule has 1 fully saturated rings. The summed E-state index contributed by atoms with van der Waals surface area (Å²) in [7, 11) is 0. The monoisotopic (exact) mass is 291 g/mol. The first-order chi connectivity index (χ1) is 9.78. The molecule has 5 nitrogen and oxygen atoms in total. The highest BCUT2D eigenvalue weighted by atomic mass is 32.1. The first kappa shape index (κ1) is 13.5. The van der Waals surface area contributed by atoms with Crippen molar-refractivity contribution in [1.82, 2.24) is 9.36 Å². The largest absolute Gasteiger partial charge is 0.394 e. The normalized spacial score (nSPS) is 23.0. The highest BCUT2D eigenvalue weighted by Gasteiger charge is 2.28. The Balaban J connectivity index is 1.82. The van der Waals surface area contributed by atoms with E-state index in [1.807, 2.05) is 30.3 Å². The molecule has 0 aliphatic carbocycles. The first-order valence-corrected chi connectivity index (χ1v) is 7.43. The van der Waals surface area contributed by atoms with Gasteiger partial charge in [-0.25, -0.2) is 0 Å². The molecule has 0 unspecified atom stereocenters. The Bertz CT molecular complexity index is 561. The molecule has 0 amide bonds. The van der Waals surface area contributed by atoms with Gasteiger partial charge in [0.15, 0.2) is 5.82 Å². The maximum Gasteiger partial charge on any atom is 0.205 e. The Hall–Kier alpha value is -1.50. The van der Waals surface area contributed by atoms with E-state index in [0.29, 0.717) is 13.2 Å². The second-order valence-electron chi connectivity index (χ2n) is 4.91. The third-order valence-electron chi connectivity index (χ3n) is 3.40. The molecular formula is C14H17N3O2S. The summed E-state index contributed by atoms with van der Waals surface area (Å²) in [5.74, 6) is 0.754. The van der Waals surface area contributed by atoms with Crippen molar-refractivity contribution in [3.63, 3.8) is 0 Å². The lowest BCUT2D eigenvalue weighted by atomic mass is 10.2. The second-order valence-corrected chi connectivity index (χ2v) is 5.64. The first-order valence-electron chi connectivity index (χ1n) is 6.66. The SMILES string of the molecule is C[C@H]1CO[C@H](CO)CN1c1nc(-c2ccccc2)ns1. The van der Waals surface area contributed by atoms with E-state index in [0.717, 1.165) is 16.5 Å². The minimum absolute atomic E-state index is 0.0353. The molecule has 106 valence electrons. The van der Waals surface area contributed by atoms with Crippen molar-refractivity contribution in [1.29, 1.82) is 0 Å². The number of aliphatic hydroxyl groups excluding tert-OH is 1. The Morgan fingerprint density at radius 2 is 2.20 bits per heavy atom. The number of anilines is 1. The zero-order valence-electron chi connectivity index (χ0n) is 11.3. The van der Waals surface area contributed by atoms with E-state index in [-0.39, 0.29) is 18.8 Å². The lowest BCUT2D eigenvalue weighted by Crippen LogP contribution is -2.49. The average Bonchev–Trinajstić information content (AvgIpc) is 2.98. The van der Waals surface area contributed by atoms with Crippen molar-refractivity contribution in [2.45, 2.75) is 19.1 Å². The summed E-state index contributed by atoms with van der Waals surface area (Å²) >= 11 is 1.39. The minimum atomic E-state index is -0.143. The molecule has 3 rings (SSSR count). The molecule has 6 heteroatoms. The summed E-state index contributed by atoms with van der Waals surface area (Å²) in [6.45, 7) is 3.39. The fourth-order valence-electron chi connectivity index (χ4n) is 2.23. The molecule has 0 spiro atoms. The zero-order valence-corrected chi connectivity index (χ0v) is 12.1. The molecule has 1 aliphatic rings. The molecule has 1 aromatic heterocycles. The molecule has 1 saturated heterocycles. The van der Waals surface area contributed by atoms with E-state index >= 15 is 0 Å². The van der Waals surface area contributed by atoms with Gasteiger partial charge in [0.2, 0.25) is 5.13 Å². The van der Waals surface area contributed by atoms with Crippen molar-refractivity contribution in [3.8, 4) is 11.4 Å². The van der Waals surface area contributed by atoms with Crippen molar-refractivity contribution >= 4 is 16.7 Å². The standard InChI is InChI=1S/C14H17N3O2S/c1-10-9-19-12(8-18)7-17(10)14-15-13(16-20-14)11-5-3-2-4-6-11/h2-6,10,12,18H,7-9H2,1H3/t10-,12-/m0/s1. The molecule has 0 radical (unpaired) electrons. The van der Waals surface area contributed by atoms with Gasteiger partial charge in [-0.2, -0.15) is 9.36 Å². The van der Waals surface area contributed by atoms with Crippen LogP contribution in [0.1, 0.15) is 6.92 Å². The number of rotatable bonds is 3. The van der Waals surface area contributed by atoms with Crippen LogP contribution in [-0.4, -0.2) is 46.4 Å². The highest BCUT2D eigenvalue weighted by Crippen LogP contribution is 2.27. The highest BCUT2D eigenvalue weighted by molar-refractivity contribution is 7.09. The quantitative estimate of drug-likeness (QED) is 0.934. The average molecular weight is 291 g/mol. The van der Waals surface area contributed by atoms with E-state index in [1.165, 1.54) is 11.5 Å². The summed E-state index contributed by atoms with van der Waals surface area (Å²) in [5.41, 5.74) is 1.02. The summed E-state index contributed by atoms with van der Waals surface area (Å²) in [4.78, 5) is 6.78. The number of aromatic nitrogens is 2. The minimum Gasteiger partial charge on any atom is -0.394 e. The Morgan fingerprint density at radius 3 is 2.95 bits per heavy atom. The number of aliphatic hydroxyl groups is 1. The molecule has 1 N–H and O–H groups in total. The van der Waals surface area contributed by atoms with Crippen LogP contribution in [0.4, 0.5) is 5.13 Å². The lowest BCUT2D eigenvalue weighted by molar-refractivity contribution is -0.0103. The maximum atomic E-state index is 9.24. The van der Waals surface area contributed by atoms with Crippen molar-refractivity contribution in [3.05, 3.63) is 30.3 Å². The number of morpholine rings is 1. The second kappa shape index (κ2) is 5.87. The number of ether oxygens (including phenoxy) is 1. The molecule has 1 aliphatic heterocycles. The van der Waals surface area contributed by atoms with Crippen LogP contribution in [0.2, 0.25) is 0 Å². The number of nitrogens with zero attached hydrogens (tertiary/aromatic N) is 3. The van der Waals surface area contributed by atoms with Crippen LogP contribution in [0.25, 0.3) is 11.4 Å². The third-order valence-corrected chi connectivity index (χ3v) is 4.16. The van der Waals surface area contributed by atoms with Crippen LogP contribution in [0.5, 0.6) is 0 Å². The van der Waals surface area contributed by atoms with Gasteiger partial charge in [0, 0.05) is 23.6 Å². The van der Waals surface area contributed by atoms with Crippen molar-refractivity contribution in [2.24, 2.45) is 0 Å². The third kappa shape index (κ3) is 2.67. The molecule has 2 aromatic rings. The molecule has 1 aromatic carbocycles. The number of hydrogen-bond donors (Lipinski definition) is 1. The summed E-state index contributed by atoms with van der Waals surface area (Å²) in [6, 6.07) is 10.2. The van der Waals surface area contributed by atoms with E-state index in [4.69, 9.17) is 4.74 Å². The fraction of sp³-hybridized carbons (Fsp3) is 0.429. The predicted molar refractivity (Wildman–Crippen MR) is 79.0 cm³/mol. The van der Waals surface area contributed by atoms with Gasteiger partial charge in [-0.05, 0) is 6.92 Å². The van der Waals surface area contributed by atoms with Gasteiger partial charge in [-0.3, -0.25) is 0 Å². The van der Waals surface area contributed by atoms with Gasteiger partial charge >= 0.3 is 0 Å². The predicted octanol–water partition coefficient (Wildman–Crippen LogP) is 1.79. The summed E-state index contributed by atoms with van der Waals surface area (Å²) < 4.78 is 9.98. The Kier molecular flexibility index (Phi) is 3.95. The van der Waals surface area contributed by atoms with Gasteiger partial charge in [-0.15, -0.1) is 0 Å². The van der Waals surface area contributed by atoms with Crippen LogP contribution in [0.3, 0.4) is 0 Å². The van der Waals surface area contributed by atoms with E-state index in [2.05, 4.69) is 21.2 Å². The van der Waals surface area contributed by atoms with Crippen LogP contribution in [-0.2, 0) is 4.74 Å². The summed E-state index contributed by atoms with van der Waals surface area (Å²) in [5, 5.41) is 10.1. The van der Waals surface area contributed by atoms with Crippen LogP contribution < -0.4 is 4.90 Å². The zero-order chi connectivity index (χ0) is 13.9. The molecular weight excluding hydrogens is 274 g/mol. The molecule has 0 saturated carbocycles. The molecule has 2 heterocycles. The fourth-order valence-corrected chi connectivity index (χ4v) is 3.03. The van der Waals surface area contributed by atoms with Crippen molar-refractivity contribution in [2.75, 3.05) is 24.7 Å². The lowest BCUT2D eigenvalue weighted by Gasteiger charge is -2.36. The van der Waals surface area contributed by atoms with Gasteiger partial charge in [0.1, 0.15) is 0 Å². The van der Waals surface area contributed by atoms with E-state index < -0.39 is 0 Å². The Morgan fingerprint density at radius 1 is 1.40 bits per heavy atom. The van der Waals surface area contributed by atoms with Gasteiger partial charge in [0.25, 0.3) is 0 Å². The van der Waals surface area contributed by atoms with Crippen LogP contribution >= 0.6 is 11.5 Å². The van der Waals surface area contributed by atoms with Gasteiger partial charge in [-0.1, -0.05) is 30.3 Å². The number of benzene rings is 1. The molecule has 0 bridgehead atoms. The van der Waals surface area contributed by atoms with Gasteiger partial charge in [0.05, 0.1) is 25.4 Å².